The summed E-state index contributed by atoms with van der Waals surface area (Å²) in [6.45, 7) is 33.5. The van der Waals surface area contributed by atoms with Crippen molar-refractivity contribution in [2.45, 2.75) is 173 Å². The van der Waals surface area contributed by atoms with Gasteiger partial charge in [0, 0.05) is 22.8 Å². The van der Waals surface area contributed by atoms with Gasteiger partial charge in [-0.25, -0.2) is 0 Å². The number of Topliss-reactive ketones (excluding diaryl/α,β-unsaturated/α-hetero) is 2. The number of hydrogen-bond acceptors (Lipinski definition) is 5. The van der Waals surface area contributed by atoms with E-state index in [1.807, 2.05) is 20.8 Å². The van der Waals surface area contributed by atoms with Crippen LogP contribution in [0.5, 0.6) is 0 Å². The Labute approximate surface area is 268 Å². The van der Waals surface area contributed by atoms with Crippen molar-refractivity contribution in [3.05, 3.63) is 11.1 Å². The van der Waals surface area contributed by atoms with Gasteiger partial charge in [0.25, 0.3) is 7.41 Å². The Morgan fingerprint density at radius 3 is 1.70 bits per heavy atom. The minimum absolute atomic E-state index is 0.0144. The van der Waals surface area contributed by atoms with E-state index in [-0.39, 0.29) is 45.6 Å². The van der Waals surface area contributed by atoms with E-state index in [0.29, 0.717) is 18.6 Å². The molecule has 0 fully saturated rings. The Balaban J connectivity index is 6.36. The quantitative estimate of drug-likeness (QED) is 0.101. The molecule has 249 valence electrons. The maximum Gasteiger partial charge on any atom is 0.297 e. The van der Waals surface area contributed by atoms with Gasteiger partial charge < -0.3 is 15.8 Å². The second-order valence-corrected chi connectivity index (χ2v) is 16.2. The van der Waals surface area contributed by atoms with Crippen molar-refractivity contribution < 1.29 is 14.4 Å². The van der Waals surface area contributed by atoms with E-state index in [0.717, 1.165) is 38.5 Å². The highest BCUT2D eigenvalue weighted by Crippen LogP contribution is 2.47. The minimum atomic E-state index is -0.748. The maximum absolute atomic E-state index is 14.0. The van der Waals surface area contributed by atoms with Gasteiger partial charge in [0.15, 0.2) is 0 Å². The summed E-state index contributed by atoms with van der Waals surface area (Å²) < 4.78 is 0. The highest BCUT2D eigenvalue weighted by Gasteiger charge is 2.43. The number of nitrogens with one attached hydrogen (secondary N) is 1. The first-order valence-corrected chi connectivity index (χ1v) is 17.1. The number of ketones is 2. The first kappa shape index (κ1) is 41.7. The van der Waals surface area contributed by atoms with Gasteiger partial charge in [-0.3, -0.25) is 9.59 Å². The maximum atomic E-state index is 14.0. The molecular weight excluding hydrogens is 531 g/mol. The van der Waals surface area contributed by atoms with Crippen LogP contribution in [0.15, 0.2) is 11.1 Å². The third kappa shape index (κ3) is 11.6. The normalized spacial score (nSPS) is 17.9. The SMILES string of the molecule is CC/C(=C(/C)C(C)CC(C)(C)CC(C(=O)C(CC)CC)C(C)(C)CC(C)(C)N)C(C)(CC)C(=O)[B]NC(C)(CC)C(C)=O. The Bertz CT molecular complexity index is 973. The highest BCUT2D eigenvalue weighted by molar-refractivity contribution is 6.73. The number of hydrogen-bond donors (Lipinski definition) is 2. The number of carbonyl (C=O) groups excluding carboxylic acids is 3. The standard InChI is InChI=1S/C37H70BN2O3/c1-17-28(18-2)31(42)30(34(11,12)24-35(13,14)39)23-33(9,10)22-25(6)26(7)29(19-3)36(15,20-4)32(43)38-40-37(16,21-5)27(8)41/h25,28,30,40H,17-24,39H2,1-16H3/b29-26+. The summed E-state index contributed by atoms with van der Waals surface area (Å²) in [4.78, 5) is 40.0. The molecule has 0 aliphatic heterocycles. The molecule has 0 aliphatic carbocycles. The molecule has 6 heteroatoms. The van der Waals surface area contributed by atoms with Gasteiger partial charge in [-0.15, -0.1) is 0 Å². The fraction of sp³-hybridized carbons (Fsp3) is 0.865. The highest BCUT2D eigenvalue weighted by atomic mass is 16.1. The summed E-state index contributed by atoms with van der Waals surface area (Å²) in [6, 6.07) is 0. The van der Waals surface area contributed by atoms with Gasteiger partial charge in [-0.2, -0.15) is 0 Å². The van der Waals surface area contributed by atoms with Crippen LogP contribution in [0.4, 0.5) is 0 Å². The molecule has 0 aromatic heterocycles. The summed E-state index contributed by atoms with van der Waals surface area (Å²) >= 11 is 0. The van der Waals surface area contributed by atoms with Gasteiger partial charge >= 0.3 is 0 Å². The van der Waals surface area contributed by atoms with Crippen LogP contribution in [0.2, 0.25) is 0 Å². The van der Waals surface area contributed by atoms with Crippen molar-refractivity contribution in [3.8, 4) is 0 Å². The van der Waals surface area contributed by atoms with Crippen LogP contribution in [0, 0.1) is 34.0 Å². The molecule has 0 rings (SSSR count). The lowest BCUT2D eigenvalue weighted by Crippen LogP contribution is -2.53. The number of rotatable bonds is 21. The molecule has 4 unspecified atom stereocenters. The van der Waals surface area contributed by atoms with E-state index in [4.69, 9.17) is 5.73 Å². The number of nitrogens with two attached hydrogens (primary N) is 1. The topological polar surface area (TPSA) is 89.3 Å². The molecule has 0 aliphatic rings. The third-order valence-electron chi connectivity index (χ3n) is 10.7. The average Bonchev–Trinajstić information content (AvgIpc) is 2.88. The second kappa shape index (κ2) is 16.3. The molecular formula is C37H70BN2O3. The Morgan fingerprint density at radius 2 is 1.33 bits per heavy atom. The van der Waals surface area contributed by atoms with E-state index in [1.165, 1.54) is 11.1 Å². The summed E-state index contributed by atoms with van der Waals surface area (Å²) in [5, 5.41) is 3.16. The molecule has 0 aromatic carbocycles. The van der Waals surface area contributed by atoms with Crippen molar-refractivity contribution >= 4 is 24.7 Å². The van der Waals surface area contributed by atoms with Crippen LogP contribution in [-0.2, 0) is 14.4 Å². The molecule has 43 heavy (non-hydrogen) atoms. The van der Waals surface area contributed by atoms with E-state index < -0.39 is 11.0 Å². The molecule has 0 amide bonds. The Morgan fingerprint density at radius 1 is 0.814 bits per heavy atom. The number of carbonyl (C=O) groups is 3. The zero-order valence-corrected chi connectivity index (χ0v) is 31.3. The monoisotopic (exact) mass is 602 g/mol. The predicted molar refractivity (Wildman–Crippen MR) is 186 cm³/mol. The fourth-order valence-electron chi connectivity index (χ4n) is 7.43. The summed E-state index contributed by atoms with van der Waals surface area (Å²) in [7, 11) is 1.54. The molecule has 0 heterocycles. The van der Waals surface area contributed by atoms with Crippen molar-refractivity contribution in [2.24, 2.45) is 39.7 Å². The molecule has 0 saturated heterocycles. The van der Waals surface area contributed by atoms with Crippen molar-refractivity contribution in [1.29, 1.82) is 0 Å². The van der Waals surface area contributed by atoms with Crippen LogP contribution in [0.3, 0.4) is 0 Å². The van der Waals surface area contributed by atoms with Crippen LogP contribution in [0.25, 0.3) is 0 Å². The molecule has 0 saturated carbocycles. The average molecular weight is 602 g/mol. The van der Waals surface area contributed by atoms with E-state index in [1.54, 1.807) is 14.3 Å². The van der Waals surface area contributed by atoms with Crippen molar-refractivity contribution in [3.63, 3.8) is 0 Å². The first-order valence-electron chi connectivity index (χ1n) is 17.1. The fourth-order valence-corrected chi connectivity index (χ4v) is 7.43. The van der Waals surface area contributed by atoms with Gasteiger partial charge in [-0.1, -0.05) is 80.4 Å². The van der Waals surface area contributed by atoms with Gasteiger partial charge in [0.1, 0.15) is 17.2 Å². The second-order valence-electron chi connectivity index (χ2n) is 16.2. The Hall–Kier alpha value is -1.27. The lowest BCUT2D eigenvalue weighted by Gasteiger charge is -2.43. The first-order chi connectivity index (χ1) is 19.4. The number of allylic oxidation sites excluding steroid dienone is 2. The zero-order valence-electron chi connectivity index (χ0n) is 31.3. The van der Waals surface area contributed by atoms with E-state index >= 15 is 0 Å². The summed E-state index contributed by atoms with van der Waals surface area (Å²) in [5.74, 6) is 0.654. The van der Waals surface area contributed by atoms with Crippen LogP contribution < -0.4 is 11.0 Å². The van der Waals surface area contributed by atoms with Crippen LogP contribution in [-0.4, -0.2) is 35.7 Å². The van der Waals surface area contributed by atoms with E-state index in [2.05, 4.69) is 88.3 Å². The molecule has 0 aromatic rings. The third-order valence-corrected chi connectivity index (χ3v) is 10.7. The van der Waals surface area contributed by atoms with Crippen molar-refractivity contribution in [2.75, 3.05) is 0 Å². The van der Waals surface area contributed by atoms with E-state index in [9.17, 15) is 14.4 Å². The molecule has 5 nitrogen and oxygen atoms in total. The molecule has 3 N–H and O–H groups in total. The lowest BCUT2D eigenvalue weighted by atomic mass is 9.60. The summed E-state index contributed by atoms with van der Waals surface area (Å²) in [5.41, 5.74) is 6.89. The van der Waals surface area contributed by atoms with Crippen LogP contribution >= 0.6 is 0 Å². The molecule has 1 radical (unpaired) electrons. The largest absolute Gasteiger partial charge is 0.342 e. The lowest BCUT2D eigenvalue weighted by molar-refractivity contribution is -0.133. The Kier molecular flexibility index (Phi) is 15.9. The van der Waals surface area contributed by atoms with Crippen molar-refractivity contribution in [1.82, 2.24) is 5.23 Å². The van der Waals surface area contributed by atoms with Gasteiger partial charge in [0.05, 0.1) is 5.54 Å². The van der Waals surface area contributed by atoms with Gasteiger partial charge in [0.2, 0.25) is 0 Å². The summed E-state index contributed by atoms with van der Waals surface area (Å²) in [6.07, 6.45) is 6.32. The smallest absolute Gasteiger partial charge is 0.297 e. The zero-order chi connectivity index (χ0) is 34.2. The minimum Gasteiger partial charge on any atom is -0.342 e. The molecule has 0 spiro atoms. The predicted octanol–water partition coefficient (Wildman–Crippen LogP) is 8.84. The van der Waals surface area contributed by atoms with Gasteiger partial charge in [-0.05, 0) is 110 Å². The molecule has 4 atom stereocenters. The molecule has 0 bridgehead atoms. The van der Waals surface area contributed by atoms with Crippen LogP contribution in [0.1, 0.15) is 162 Å².